The molecule has 4 heteroatoms. The van der Waals surface area contributed by atoms with Gasteiger partial charge in [0.15, 0.2) is 0 Å². The van der Waals surface area contributed by atoms with Gasteiger partial charge in [-0.2, -0.15) is 0 Å². The Morgan fingerprint density at radius 1 is 1.45 bits per heavy atom. The van der Waals surface area contributed by atoms with Crippen LogP contribution in [0.15, 0.2) is 24.0 Å². The maximum Gasteiger partial charge on any atom is 0.323 e. The average molecular weight is 309 g/mol. The Labute approximate surface area is 134 Å². The van der Waals surface area contributed by atoms with E-state index in [1.165, 1.54) is 6.08 Å². The number of rotatable bonds is 5. The number of esters is 1. The van der Waals surface area contributed by atoms with Crippen molar-refractivity contribution in [2.24, 2.45) is 0 Å². The highest BCUT2D eigenvalue weighted by atomic mass is 16.6. The summed E-state index contributed by atoms with van der Waals surface area (Å²) in [5.41, 5.74) is 0.446. The molecule has 0 amide bonds. The van der Waals surface area contributed by atoms with Crippen molar-refractivity contribution in [1.29, 1.82) is 0 Å². The highest BCUT2D eigenvalue weighted by Crippen LogP contribution is 2.27. The third-order valence-corrected chi connectivity index (χ3v) is 4.13. The molecule has 0 bridgehead atoms. The molecule has 2 atom stereocenters. The van der Waals surface area contributed by atoms with Crippen LogP contribution in [0.1, 0.15) is 60.3 Å². The van der Waals surface area contributed by atoms with E-state index < -0.39 is 5.60 Å². The molecular formula is C18H31NO3. The lowest BCUT2D eigenvalue weighted by atomic mass is 9.95. The van der Waals surface area contributed by atoms with Gasteiger partial charge in [-0.15, -0.1) is 0 Å². The van der Waals surface area contributed by atoms with E-state index in [1.807, 2.05) is 34.6 Å². The largest absolute Gasteiger partial charge is 0.508 e. The van der Waals surface area contributed by atoms with E-state index in [1.54, 1.807) is 0 Å². The summed E-state index contributed by atoms with van der Waals surface area (Å²) < 4.78 is 5.58. The zero-order chi connectivity index (χ0) is 16.9. The van der Waals surface area contributed by atoms with Crippen LogP contribution in [0, 0.1) is 0 Å². The Bertz CT molecular complexity index is 434. The Kier molecular flexibility index (Phi) is 6.66. The van der Waals surface area contributed by atoms with Crippen molar-refractivity contribution >= 4 is 5.97 Å². The van der Waals surface area contributed by atoms with Crippen LogP contribution >= 0.6 is 0 Å². The maximum absolute atomic E-state index is 12.5. The normalized spacial score (nSPS) is 22.7. The van der Waals surface area contributed by atoms with Gasteiger partial charge in [0.1, 0.15) is 17.4 Å². The van der Waals surface area contributed by atoms with Gasteiger partial charge in [-0.05, 0) is 65.2 Å². The highest BCUT2D eigenvalue weighted by molar-refractivity contribution is 5.76. The molecule has 22 heavy (non-hydrogen) atoms. The predicted molar refractivity (Wildman–Crippen MR) is 89.8 cm³/mol. The standard InChI is InChI=1S/C18H31NO3/c1-7-14(16(20)8-2)13(3)19-12-10-9-11-15(19)17(21)22-18(4,5)6/h8,13,15,20H,2,7,9-12H2,1,3-6H3/t13-,15-/m0/s1. The Balaban J connectivity index is 2.98. The molecule has 1 rings (SSSR count). The first-order valence-corrected chi connectivity index (χ1v) is 8.24. The summed E-state index contributed by atoms with van der Waals surface area (Å²) in [6.07, 6.45) is 5.12. The molecule has 1 heterocycles. The van der Waals surface area contributed by atoms with E-state index in [4.69, 9.17) is 4.74 Å². The van der Waals surface area contributed by atoms with Crippen LogP contribution in [-0.2, 0) is 9.53 Å². The van der Waals surface area contributed by atoms with Crippen molar-refractivity contribution in [3.63, 3.8) is 0 Å². The zero-order valence-electron chi connectivity index (χ0n) is 14.7. The number of ether oxygens (including phenoxy) is 1. The van der Waals surface area contributed by atoms with Gasteiger partial charge < -0.3 is 9.84 Å². The maximum atomic E-state index is 12.5. The molecule has 0 aromatic rings. The molecule has 0 aromatic carbocycles. The van der Waals surface area contributed by atoms with E-state index >= 15 is 0 Å². The SMILES string of the molecule is C=CC(O)=C(CC)[C@H](C)N1CCCC[C@H]1C(=O)OC(C)(C)C. The first kappa shape index (κ1) is 18.8. The molecule has 0 unspecified atom stereocenters. The van der Waals surface area contributed by atoms with Gasteiger partial charge in [0.25, 0.3) is 0 Å². The summed E-state index contributed by atoms with van der Waals surface area (Å²) >= 11 is 0. The fraction of sp³-hybridized carbons (Fsp3) is 0.722. The van der Waals surface area contributed by atoms with Crippen LogP contribution in [0.5, 0.6) is 0 Å². The number of hydrogen-bond acceptors (Lipinski definition) is 4. The number of carbonyl (C=O) groups is 1. The lowest BCUT2D eigenvalue weighted by Crippen LogP contribution is -2.51. The average Bonchev–Trinajstić information content (AvgIpc) is 2.45. The monoisotopic (exact) mass is 309 g/mol. The molecule has 1 aliphatic heterocycles. The van der Waals surface area contributed by atoms with Gasteiger partial charge >= 0.3 is 5.97 Å². The molecule has 1 aliphatic rings. The third-order valence-electron chi connectivity index (χ3n) is 4.13. The number of allylic oxidation sites excluding steroid dienone is 1. The van der Waals surface area contributed by atoms with Crippen LogP contribution in [-0.4, -0.2) is 40.2 Å². The van der Waals surface area contributed by atoms with E-state index in [-0.39, 0.29) is 23.8 Å². The van der Waals surface area contributed by atoms with Crippen molar-refractivity contribution < 1.29 is 14.6 Å². The number of hydrogen-bond donors (Lipinski definition) is 1. The molecule has 4 nitrogen and oxygen atoms in total. The smallest absolute Gasteiger partial charge is 0.323 e. The Hall–Kier alpha value is -1.29. The molecule has 1 N–H and O–H groups in total. The summed E-state index contributed by atoms with van der Waals surface area (Å²) in [5, 5.41) is 10.0. The van der Waals surface area contributed by atoms with Crippen LogP contribution in [0.25, 0.3) is 0 Å². The van der Waals surface area contributed by atoms with Crippen LogP contribution in [0.3, 0.4) is 0 Å². The van der Waals surface area contributed by atoms with Crippen molar-refractivity contribution in [3.05, 3.63) is 24.0 Å². The second-order valence-corrected chi connectivity index (χ2v) is 6.93. The quantitative estimate of drug-likeness (QED) is 0.474. The first-order chi connectivity index (χ1) is 10.2. The fourth-order valence-electron chi connectivity index (χ4n) is 3.06. The number of aliphatic hydroxyl groups is 1. The van der Waals surface area contributed by atoms with Gasteiger partial charge in [-0.25, -0.2) is 0 Å². The second kappa shape index (κ2) is 7.82. The van der Waals surface area contributed by atoms with Gasteiger partial charge in [-0.1, -0.05) is 19.9 Å². The van der Waals surface area contributed by atoms with Gasteiger partial charge in [0.2, 0.25) is 0 Å². The molecule has 1 fully saturated rings. The summed E-state index contributed by atoms with van der Waals surface area (Å²) in [6, 6.07) is -0.233. The van der Waals surface area contributed by atoms with E-state index in [9.17, 15) is 9.90 Å². The predicted octanol–water partition coefficient (Wildman–Crippen LogP) is 3.98. The summed E-state index contributed by atoms with van der Waals surface area (Å²) in [5.74, 6) is 0.0658. The minimum atomic E-state index is -0.476. The lowest BCUT2D eigenvalue weighted by molar-refractivity contribution is -0.163. The Morgan fingerprint density at radius 3 is 2.59 bits per heavy atom. The topological polar surface area (TPSA) is 49.8 Å². The molecule has 1 saturated heterocycles. The highest BCUT2D eigenvalue weighted by Gasteiger charge is 2.36. The van der Waals surface area contributed by atoms with E-state index in [2.05, 4.69) is 11.5 Å². The van der Waals surface area contributed by atoms with E-state index in [0.717, 1.165) is 37.8 Å². The van der Waals surface area contributed by atoms with Gasteiger partial charge in [-0.3, -0.25) is 9.69 Å². The van der Waals surface area contributed by atoms with Crippen molar-refractivity contribution in [2.45, 2.75) is 78.0 Å². The third kappa shape index (κ3) is 4.87. The number of piperidine rings is 1. The summed E-state index contributed by atoms with van der Waals surface area (Å²) in [7, 11) is 0. The molecule has 126 valence electrons. The van der Waals surface area contributed by atoms with E-state index in [0.29, 0.717) is 0 Å². The summed E-state index contributed by atoms with van der Waals surface area (Å²) in [6.45, 7) is 14.2. The van der Waals surface area contributed by atoms with Crippen molar-refractivity contribution in [2.75, 3.05) is 6.54 Å². The Morgan fingerprint density at radius 2 is 2.09 bits per heavy atom. The van der Waals surface area contributed by atoms with Crippen molar-refractivity contribution in [3.8, 4) is 0 Å². The van der Waals surface area contributed by atoms with Crippen molar-refractivity contribution in [1.82, 2.24) is 4.90 Å². The molecule has 0 radical (unpaired) electrons. The van der Waals surface area contributed by atoms with Gasteiger partial charge in [0, 0.05) is 6.04 Å². The number of carbonyl (C=O) groups excluding carboxylic acids is 1. The molecule has 0 spiro atoms. The lowest BCUT2D eigenvalue weighted by Gasteiger charge is -2.40. The zero-order valence-corrected chi connectivity index (χ0v) is 14.7. The molecule has 0 aromatic heterocycles. The first-order valence-electron chi connectivity index (χ1n) is 8.24. The number of aliphatic hydroxyl groups excluding tert-OH is 1. The fourth-order valence-corrected chi connectivity index (χ4v) is 3.06. The molecule has 0 saturated carbocycles. The summed E-state index contributed by atoms with van der Waals surface area (Å²) in [4.78, 5) is 14.7. The van der Waals surface area contributed by atoms with Crippen LogP contribution < -0.4 is 0 Å². The molecular weight excluding hydrogens is 278 g/mol. The second-order valence-electron chi connectivity index (χ2n) is 6.93. The minimum Gasteiger partial charge on any atom is -0.508 e. The van der Waals surface area contributed by atoms with Gasteiger partial charge in [0.05, 0.1) is 0 Å². The van der Waals surface area contributed by atoms with Crippen LogP contribution in [0.4, 0.5) is 0 Å². The minimum absolute atomic E-state index is 0.000758. The molecule has 0 aliphatic carbocycles. The van der Waals surface area contributed by atoms with Crippen LogP contribution in [0.2, 0.25) is 0 Å². The number of likely N-dealkylation sites (tertiary alicyclic amines) is 1. The number of nitrogens with zero attached hydrogens (tertiary/aromatic N) is 1.